The predicted molar refractivity (Wildman–Crippen MR) is 89.3 cm³/mol. The molecule has 0 atom stereocenters. The molecule has 0 aliphatic rings. The Morgan fingerprint density at radius 2 is 2.00 bits per heavy atom. The van der Waals surface area contributed by atoms with Crippen molar-refractivity contribution in [2.24, 2.45) is 0 Å². The number of ether oxygens (including phenoxy) is 3. The summed E-state index contributed by atoms with van der Waals surface area (Å²) in [6, 6.07) is 8.01. The van der Waals surface area contributed by atoms with Crippen LogP contribution in [0.25, 0.3) is 0 Å². The van der Waals surface area contributed by atoms with Gasteiger partial charge in [-0.05, 0) is 36.6 Å². The molecule has 0 N–H and O–H groups in total. The lowest BCUT2D eigenvalue weighted by Gasteiger charge is -2.14. The molecule has 0 aliphatic heterocycles. The maximum Gasteiger partial charge on any atom is 0.513 e. The normalized spacial score (nSPS) is 10.4. The lowest BCUT2D eigenvalue weighted by molar-refractivity contribution is 0.120. The first kappa shape index (κ1) is 18.1. The second-order valence-corrected chi connectivity index (χ2v) is 5.53. The van der Waals surface area contributed by atoms with Crippen LogP contribution < -0.4 is 9.47 Å². The maximum absolute atomic E-state index is 14.1. The summed E-state index contributed by atoms with van der Waals surface area (Å²) in [5.74, 6) is -0.136. The van der Waals surface area contributed by atoms with E-state index in [1.807, 2.05) is 19.9 Å². The summed E-state index contributed by atoms with van der Waals surface area (Å²) in [7, 11) is 1.22. The van der Waals surface area contributed by atoms with Gasteiger partial charge in [0.25, 0.3) is 0 Å². The number of benzene rings is 2. The van der Waals surface area contributed by atoms with Crippen molar-refractivity contribution in [3.63, 3.8) is 0 Å². The summed E-state index contributed by atoms with van der Waals surface area (Å²) >= 11 is 6.10. The van der Waals surface area contributed by atoms with E-state index in [0.717, 1.165) is 5.56 Å². The quantitative estimate of drug-likeness (QED) is 0.556. The Labute approximate surface area is 145 Å². The lowest BCUT2D eigenvalue weighted by atomic mass is 10.1. The van der Waals surface area contributed by atoms with Gasteiger partial charge in [-0.2, -0.15) is 0 Å². The van der Waals surface area contributed by atoms with E-state index in [2.05, 4.69) is 4.74 Å². The molecule has 0 radical (unpaired) electrons. The average Bonchev–Trinajstić information content (AvgIpc) is 2.56. The number of carbonyl (C=O) groups is 1. The van der Waals surface area contributed by atoms with Gasteiger partial charge >= 0.3 is 6.16 Å². The molecule has 4 nitrogen and oxygen atoms in total. The van der Waals surface area contributed by atoms with E-state index in [1.54, 1.807) is 12.1 Å². The Kier molecular flexibility index (Phi) is 6.04. The summed E-state index contributed by atoms with van der Waals surface area (Å²) in [6.45, 7) is 3.76. The highest BCUT2D eigenvalue weighted by molar-refractivity contribution is 6.31. The largest absolute Gasteiger partial charge is 0.513 e. The van der Waals surface area contributed by atoms with E-state index in [9.17, 15) is 9.18 Å². The zero-order valence-electron chi connectivity index (χ0n) is 13.7. The monoisotopic (exact) mass is 352 g/mol. The fraction of sp³-hybridized carbons (Fsp3) is 0.278. The molecule has 24 heavy (non-hydrogen) atoms. The van der Waals surface area contributed by atoms with Gasteiger partial charge in [-0.15, -0.1) is 0 Å². The fourth-order valence-electron chi connectivity index (χ4n) is 2.19. The smallest absolute Gasteiger partial charge is 0.486 e. The van der Waals surface area contributed by atoms with Crippen LogP contribution >= 0.6 is 11.6 Å². The van der Waals surface area contributed by atoms with Gasteiger partial charge in [-0.1, -0.05) is 30.7 Å². The van der Waals surface area contributed by atoms with E-state index >= 15 is 0 Å². The van der Waals surface area contributed by atoms with Crippen LogP contribution in [0.4, 0.5) is 9.18 Å². The third-order valence-corrected chi connectivity index (χ3v) is 3.93. The third kappa shape index (κ3) is 4.17. The van der Waals surface area contributed by atoms with Gasteiger partial charge < -0.3 is 14.2 Å². The van der Waals surface area contributed by atoms with Gasteiger partial charge in [-0.25, -0.2) is 9.18 Å². The average molecular weight is 353 g/mol. The third-order valence-electron chi connectivity index (χ3n) is 3.58. The summed E-state index contributed by atoms with van der Waals surface area (Å²) in [5, 5.41) is 0.449. The van der Waals surface area contributed by atoms with E-state index in [1.165, 1.54) is 19.2 Å². The summed E-state index contributed by atoms with van der Waals surface area (Å²) in [6.07, 6.45) is -0.200. The molecule has 0 aromatic heterocycles. The number of halogens is 2. The molecular formula is C18H18ClFO4. The Hall–Kier alpha value is -2.27. The number of methoxy groups -OCH3 is 1. The van der Waals surface area contributed by atoms with Crippen molar-refractivity contribution >= 4 is 17.8 Å². The SMILES string of the molecule is CCc1cc(F)c(OCc2c(C)cccc2OC(=O)OC)cc1Cl. The first-order chi connectivity index (χ1) is 11.5. The van der Waals surface area contributed by atoms with Crippen LogP contribution in [0.15, 0.2) is 30.3 Å². The van der Waals surface area contributed by atoms with Gasteiger partial charge in [0.2, 0.25) is 0 Å². The Balaban J connectivity index is 2.23. The number of carbonyl (C=O) groups excluding carboxylic acids is 1. The molecule has 0 saturated carbocycles. The molecule has 2 aromatic rings. The van der Waals surface area contributed by atoms with E-state index < -0.39 is 12.0 Å². The van der Waals surface area contributed by atoms with Crippen molar-refractivity contribution in [1.82, 2.24) is 0 Å². The molecule has 0 spiro atoms. The van der Waals surface area contributed by atoms with Crippen molar-refractivity contribution in [2.45, 2.75) is 26.9 Å². The molecule has 0 saturated heterocycles. The van der Waals surface area contributed by atoms with Gasteiger partial charge in [0.1, 0.15) is 12.4 Å². The van der Waals surface area contributed by atoms with E-state index in [-0.39, 0.29) is 12.4 Å². The van der Waals surface area contributed by atoms with Crippen LogP contribution in [-0.2, 0) is 17.8 Å². The van der Waals surface area contributed by atoms with Crippen molar-refractivity contribution < 1.29 is 23.4 Å². The second-order valence-electron chi connectivity index (χ2n) is 5.12. The molecule has 0 bridgehead atoms. The minimum absolute atomic E-state index is 0.0255. The van der Waals surface area contributed by atoms with Crippen molar-refractivity contribution in [3.8, 4) is 11.5 Å². The van der Waals surface area contributed by atoms with Crippen LogP contribution in [0, 0.1) is 12.7 Å². The highest BCUT2D eigenvalue weighted by Gasteiger charge is 2.14. The maximum atomic E-state index is 14.1. The minimum Gasteiger partial charge on any atom is -0.486 e. The van der Waals surface area contributed by atoms with Gasteiger partial charge in [0.15, 0.2) is 11.6 Å². The molecule has 6 heteroatoms. The van der Waals surface area contributed by atoms with Crippen molar-refractivity contribution in [1.29, 1.82) is 0 Å². The molecule has 0 amide bonds. The van der Waals surface area contributed by atoms with Crippen LogP contribution in [0.2, 0.25) is 5.02 Å². The Morgan fingerprint density at radius 3 is 2.67 bits per heavy atom. The standard InChI is InChI=1S/C18H18ClFO4/c1-4-12-8-15(20)17(9-14(12)19)23-10-13-11(2)6-5-7-16(13)24-18(21)22-3/h5-9H,4,10H2,1-3H3. The number of aryl methyl sites for hydroxylation is 2. The molecule has 2 aromatic carbocycles. The zero-order chi connectivity index (χ0) is 17.7. The topological polar surface area (TPSA) is 44.8 Å². The fourth-order valence-corrected chi connectivity index (χ4v) is 2.48. The highest BCUT2D eigenvalue weighted by atomic mass is 35.5. The lowest BCUT2D eigenvalue weighted by Crippen LogP contribution is -2.11. The zero-order valence-corrected chi connectivity index (χ0v) is 14.4. The van der Waals surface area contributed by atoms with E-state index in [0.29, 0.717) is 28.3 Å². The van der Waals surface area contributed by atoms with Crippen LogP contribution in [0.1, 0.15) is 23.6 Å². The van der Waals surface area contributed by atoms with Gasteiger partial charge in [0, 0.05) is 16.7 Å². The Morgan fingerprint density at radius 1 is 1.25 bits per heavy atom. The first-order valence-electron chi connectivity index (χ1n) is 7.41. The molecule has 0 fully saturated rings. The molecule has 2 rings (SSSR count). The molecule has 0 heterocycles. The van der Waals surface area contributed by atoms with Crippen LogP contribution in [0.5, 0.6) is 11.5 Å². The van der Waals surface area contributed by atoms with Gasteiger partial charge in [0.05, 0.1) is 7.11 Å². The predicted octanol–water partition coefficient (Wildman–Crippen LogP) is 5.07. The van der Waals surface area contributed by atoms with E-state index in [4.69, 9.17) is 21.1 Å². The summed E-state index contributed by atoms with van der Waals surface area (Å²) in [5.41, 5.74) is 2.18. The molecule has 0 aliphatic carbocycles. The molecule has 0 unspecified atom stereocenters. The Bertz CT molecular complexity index is 746. The van der Waals surface area contributed by atoms with Gasteiger partial charge in [-0.3, -0.25) is 0 Å². The number of hydrogen-bond donors (Lipinski definition) is 0. The van der Waals surface area contributed by atoms with Crippen molar-refractivity contribution in [3.05, 3.63) is 57.9 Å². The molecule has 128 valence electrons. The second kappa shape index (κ2) is 8.02. The highest BCUT2D eigenvalue weighted by Crippen LogP contribution is 2.29. The van der Waals surface area contributed by atoms with Crippen molar-refractivity contribution in [2.75, 3.05) is 7.11 Å². The summed E-state index contributed by atoms with van der Waals surface area (Å²) in [4.78, 5) is 11.3. The summed E-state index contributed by atoms with van der Waals surface area (Å²) < 4.78 is 29.2. The number of rotatable bonds is 5. The number of hydrogen-bond acceptors (Lipinski definition) is 4. The minimum atomic E-state index is -0.830. The molecular weight excluding hydrogens is 335 g/mol. The first-order valence-corrected chi connectivity index (χ1v) is 7.79. The van der Waals surface area contributed by atoms with Crippen LogP contribution in [0.3, 0.4) is 0 Å². The van der Waals surface area contributed by atoms with Crippen LogP contribution in [-0.4, -0.2) is 13.3 Å².